The van der Waals surface area contributed by atoms with E-state index in [-0.39, 0.29) is 29.8 Å². The third-order valence-corrected chi connectivity index (χ3v) is 3.03. The van der Waals surface area contributed by atoms with Crippen molar-refractivity contribution in [2.75, 3.05) is 13.1 Å². The van der Waals surface area contributed by atoms with Crippen molar-refractivity contribution in [3.8, 4) is 0 Å². The number of likely N-dealkylation sites (tertiary alicyclic amines) is 1. The molecular weight excluding hydrogens is 224 g/mol. The van der Waals surface area contributed by atoms with Gasteiger partial charge in [0.05, 0.1) is 6.04 Å². The lowest BCUT2D eigenvalue weighted by Gasteiger charge is -2.23. The minimum Gasteiger partial charge on any atom is -0.341 e. The summed E-state index contributed by atoms with van der Waals surface area (Å²) in [5.41, 5.74) is 6.17. The van der Waals surface area contributed by atoms with Gasteiger partial charge in [-0.15, -0.1) is 12.4 Å². The Morgan fingerprint density at radius 3 is 2.38 bits per heavy atom. The normalized spacial score (nSPS) is 20.8. The van der Waals surface area contributed by atoms with Crippen LogP contribution in [0, 0.1) is 11.3 Å². The molecule has 0 aromatic heterocycles. The number of rotatable bonds is 3. The summed E-state index contributed by atoms with van der Waals surface area (Å²) in [7, 11) is 0. The van der Waals surface area contributed by atoms with Crippen molar-refractivity contribution in [1.82, 2.24) is 4.90 Å². The fourth-order valence-electron chi connectivity index (χ4n) is 2.14. The first-order valence-electron chi connectivity index (χ1n) is 5.86. The van der Waals surface area contributed by atoms with Gasteiger partial charge in [-0.05, 0) is 24.2 Å². The van der Waals surface area contributed by atoms with Crippen LogP contribution in [0.15, 0.2) is 0 Å². The molecule has 1 fully saturated rings. The first kappa shape index (κ1) is 15.7. The van der Waals surface area contributed by atoms with E-state index in [0.717, 1.165) is 25.9 Å². The Bertz CT molecular complexity index is 241. The molecule has 2 N–H and O–H groups in total. The minimum absolute atomic E-state index is 0. The predicted molar refractivity (Wildman–Crippen MR) is 69.7 cm³/mol. The summed E-state index contributed by atoms with van der Waals surface area (Å²) >= 11 is 0. The zero-order valence-electron chi connectivity index (χ0n) is 10.8. The molecule has 4 heteroatoms. The Kier molecular flexibility index (Phi) is 5.77. The van der Waals surface area contributed by atoms with Gasteiger partial charge >= 0.3 is 0 Å². The number of nitrogens with zero attached hydrogens (tertiary/aromatic N) is 1. The van der Waals surface area contributed by atoms with Crippen molar-refractivity contribution in [3.05, 3.63) is 0 Å². The Morgan fingerprint density at radius 2 is 2.00 bits per heavy atom. The number of halogens is 1. The standard InChI is InChI=1S/C12H24N2O.ClH/c1-9(2)7-10(13)11(15)14-6-5-12(3,4)8-14;/h9-10H,5-8,13H2,1-4H3;1H/t10-;/m0./s1. The van der Waals surface area contributed by atoms with Crippen LogP contribution < -0.4 is 5.73 Å². The molecular formula is C12H25ClN2O. The van der Waals surface area contributed by atoms with Crippen LogP contribution in [-0.4, -0.2) is 29.9 Å². The van der Waals surface area contributed by atoms with Crippen molar-refractivity contribution in [2.24, 2.45) is 17.1 Å². The highest BCUT2D eigenvalue weighted by Crippen LogP contribution is 2.29. The fourth-order valence-corrected chi connectivity index (χ4v) is 2.14. The molecule has 0 unspecified atom stereocenters. The van der Waals surface area contributed by atoms with E-state index in [9.17, 15) is 4.79 Å². The topological polar surface area (TPSA) is 46.3 Å². The van der Waals surface area contributed by atoms with Gasteiger partial charge in [0.15, 0.2) is 0 Å². The Balaban J connectivity index is 0.00000225. The van der Waals surface area contributed by atoms with Gasteiger partial charge in [0.2, 0.25) is 5.91 Å². The number of hydrogen-bond donors (Lipinski definition) is 1. The molecule has 0 aliphatic carbocycles. The van der Waals surface area contributed by atoms with E-state index in [0.29, 0.717) is 5.92 Å². The van der Waals surface area contributed by atoms with E-state index in [1.54, 1.807) is 0 Å². The fraction of sp³-hybridized carbons (Fsp3) is 0.917. The molecule has 0 aromatic carbocycles. The lowest BCUT2D eigenvalue weighted by atomic mass is 9.93. The molecule has 0 aromatic rings. The molecule has 16 heavy (non-hydrogen) atoms. The Labute approximate surface area is 105 Å². The number of carbonyl (C=O) groups excluding carboxylic acids is 1. The molecule has 0 radical (unpaired) electrons. The maximum Gasteiger partial charge on any atom is 0.239 e. The van der Waals surface area contributed by atoms with Gasteiger partial charge in [0.25, 0.3) is 0 Å². The molecule has 0 spiro atoms. The van der Waals surface area contributed by atoms with Crippen molar-refractivity contribution in [3.63, 3.8) is 0 Å². The minimum atomic E-state index is -0.307. The molecule has 1 aliphatic heterocycles. The molecule has 1 amide bonds. The summed E-state index contributed by atoms with van der Waals surface area (Å²) in [6.07, 6.45) is 1.88. The summed E-state index contributed by atoms with van der Waals surface area (Å²) in [6.45, 7) is 10.3. The largest absolute Gasteiger partial charge is 0.341 e. The van der Waals surface area contributed by atoms with Gasteiger partial charge in [0.1, 0.15) is 0 Å². The average molecular weight is 249 g/mol. The third-order valence-electron chi connectivity index (χ3n) is 3.03. The average Bonchev–Trinajstić information content (AvgIpc) is 2.43. The highest BCUT2D eigenvalue weighted by Gasteiger charge is 2.33. The van der Waals surface area contributed by atoms with E-state index in [1.165, 1.54) is 0 Å². The third kappa shape index (κ3) is 4.30. The molecule has 1 aliphatic rings. The number of nitrogens with two attached hydrogens (primary N) is 1. The first-order valence-corrected chi connectivity index (χ1v) is 5.86. The summed E-state index contributed by atoms with van der Waals surface area (Å²) in [5.74, 6) is 0.619. The number of amides is 1. The maximum absolute atomic E-state index is 12.0. The lowest BCUT2D eigenvalue weighted by molar-refractivity contribution is -0.132. The van der Waals surface area contributed by atoms with Crippen molar-refractivity contribution < 1.29 is 4.79 Å². The van der Waals surface area contributed by atoms with Crippen LogP contribution in [0.1, 0.15) is 40.5 Å². The van der Waals surface area contributed by atoms with Gasteiger partial charge < -0.3 is 10.6 Å². The molecule has 0 bridgehead atoms. The van der Waals surface area contributed by atoms with Crippen LogP contribution in [0.3, 0.4) is 0 Å². The van der Waals surface area contributed by atoms with Crippen LogP contribution in [-0.2, 0) is 4.79 Å². The maximum atomic E-state index is 12.0. The zero-order valence-corrected chi connectivity index (χ0v) is 11.6. The van der Waals surface area contributed by atoms with Gasteiger partial charge in [-0.2, -0.15) is 0 Å². The molecule has 1 rings (SSSR count). The Hall–Kier alpha value is -0.280. The molecule has 3 nitrogen and oxygen atoms in total. The van der Waals surface area contributed by atoms with E-state index in [2.05, 4.69) is 27.7 Å². The summed E-state index contributed by atoms with van der Waals surface area (Å²) in [6, 6.07) is -0.307. The van der Waals surface area contributed by atoms with Gasteiger partial charge in [-0.3, -0.25) is 4.79 Å². The van der Waals surface area contributed by atoms with Crippen molar-refractivity contribution in [2.45, 2.75) is 46.6 Å². The first-order chi connectivity index (χ1) is 6.82. The second kappa shape index (κ2) is 5.87. The zero-order chi connectivity index (χ0) is 11.6. The van der Waals surface area contributed by atoms with Crippen molar-refractivity contribution >= 4 is 18.3 Å². The van der Waals surface area contributed by atoms with E-state index < -0.39 is 0 Å². The summed E-state index contributed by atoms with van der Waals surface area (Å²) in [4.78, 5) is 13.9. The number of carbonyl (C=O) groups is 1. The smallest absolute Gasteiger partial charge is 0.239 e. The van der Waals surface area contributed by atoms with Crippen LogP contribution in [0.2, 0.25) is 0 Å². The molecule has 0 saturated carbocycles. The summed E-state index contributed by atoms with van der Waals surface area (Å²) < 4.78 is 0. The number of hydrogen-bond acceptors (Lipinski definition) is 2. The second-order valence-corrected chi connectivity index (χ2v) is 5.91. The van der Waals surface area contributed by atoms with Crippen molar-refractivity contribution in [1.29, 1.82) is 0 Å². The SMILES string of the molecule is CC(C)C[C@H](N)C(=O)N1CCC(C)(C)C1.Cl. The van der Waals surface area contributed by atoms with E-state index >= 15 is 0 Å². The van der Waals surface area contributed by atoms with Gasteiger partial charge in [-0.1, -0.05) is 27.7 Å². The lowest BCUT2D eigenvalue weighted by Crippen LogP contribution is -2.43. The monoisotopic (exact) mass is 248 g/mol. The predicted octanol–water partition coefficient (Wildman–Crippen LogP) is 2.04. The summed E-state index contributed by atoms with van der Waals surface area (Å²) in [5, 5.41) is 0. The molecule has 96 valence electrons. The Morgan fingerprint density at radius 1 is 1.44 bits per heavy atom. The van der Waals surface area contributed by atoms with Gasteiger partial charge in [0, 0.05) is 13.1 Å². The van der Waals surface area contributed by atoms with Crippen LogP contribution in [0.25, 0.3) is 0 Å². The second-order valence-electron chi connectivity index (χ2n) is 5.91. The highest BCUT2D eigenvalue weighted by molar-refractivity contribution is 5.85. The quantitative estimate of drug-likeness (QED) is 0.831. The molecule has 1 atom stereocenters. The molecule has 1 heterocycles. The molecule has 1 saturated heterocycles. The highest BCUT2D eigenvalue weighted by atomic mass is 35.5. The van der Waals surface area contributed by atoms with Gasteiger partial charge in [-0.25, -0.2) is 0 Å². The van der Waals surface area contributed by atoms with E-state index in [4.69, 9.17) is 5.73 Å². The van der Waals surface area contributed by atoms with E-state index in [1.807, 2.05) is 4.90 Å². The van der Waals surface area contributed by atoms with Crippen LogP contribution >= 0.6 is 12.4 Å². The van der Waals surface area contributed by atoms with Crippen LogP contribution in [0.5, 0.6) is 0 Å². The van der Waals surface area contributed by atoms with Crippen LogP contribution in [0.4, 0.5) is 0 Å².